The van der Waals surface area contributed by atoms with Gasteiger partial charge in [0.25, 0.3) is 11.8 Å². The summed E-state index contributed by atoms with van der Waals surface area (Å²) >= 11 is 1.62. The number of aliphatic imine (C=N–C) groups is 1. The molecule has 1 heterocycles. The summed E-state index contributed by atoms with van der Waals surface area (Å²) in [4.78, 5) is 30.2. The van der Waals surface area contributed by atoms with Crippen LogP contribution in [0.3, 0.4) is 0 Å². The zero-order valence-electron chi connectivity index (χ0n) is 18.4. The third kappa shape index (κ3) is 6.08. The number of nitrogens with two attached hydrogens (primary N) is 1. The molecule has 0 aliphatic heterocycles. The Morgan fingerprint density at radius 3 is 2.45 bits per heavy atom. The Labute approximate surface area is 197 Å². The first-order chi connectivity index (χ1) is 16.1. The quantitative estimate of drug-likeness (QED) is 0.469. The van der Waals surface area contributed by atoms with E-state index in [0.29, 0.717) is 11.3 Å². The number of carbonyl (C=O) groups excluding carboxylic acids is 2. The SMILES string of the molecule is NC(=O)COc1ccc(C=Nc2sc3c(c2C(=O)Nc2ccccc2)CCCCCC3)cc1. The molecule has 0 saturated carbocycles. The lowest BCUT2D eigenvalue weighted by atomic mass is 9.96. The van der Waals surface area contributed by atoms with Crippen LogP contribution >= 0.6 is 11.3 Å². The number of thiophene rings is 1. The van der Waals surface area contributed by atoms with E-state index in [2.05, 4.69) is 5.32 Å². The van der Waals surface area contributed by atoms with Crippen LogP contribution < -0.4 is 15.8 Å². The fraction of sp³-hybridized carbons (Fsp3) is 0.269. The van der Waals surface area contributed by atoms with Crippen LogP contribution in [0.1, 0.15) is 52.0 Å². The van der Waals surface area contributed by atoms with Gasteiger partial charge >= 0.3 is 0 Å². The van der Waals surface area contributed by atoms with Crippen LogP contribution in [-0.4, -0.2) is 24.6 Å². The summed E-state index contributed by atoms with van der Waals surface area (Å²) in [7, 11) is 0. The van der Waals surface area contributed by atoms with E-state index in [4.69, 9.17) is 15.5 Å². The highest BCUT2D eigenvalue weighted by atomic mass is 32.1. The van der Waals surface area contributed by atoms with Gasteiger partial charge in [0.05, 0.1) is 5.56 Å². The van der Waals surface area contributed by atoms with Gasteiger partial charge in [-0.3, -0.25) is 9.59 Å². The number of nitrogens with one attached hydrogen (secondary N) is 1. The Morgan fingerprint density at radius 2 is 1.73 bits per heavy atom. The molecule has 33 heavy (non-hydrogen) atoms. The van der Waals surface area contributed by atoms with Gasteiger partial charge in [0.1, 0.15) is 10.8 Å². The molecular formula is C26H27N3O3S. The van der Waals surface area contributed by atoms with Crippen molar-refractivity contribution in [1.29, 1.82) is 0 Å². The molecule has 170 valence electrons. The van der Waals surface area contributed by atoms with E-state index >= 15 is 0 Å². The Bertz CT molecular complexity index is 1140. The molecule has 0 radical (unpaired) electrons. The standard InChI is InChI=1S/C26H27N3O3S/c27-23(30)17-32-20-14-12-18(13-15-20)16-28-26-24(25(31)29-19-8-4-3-5-9-19)21-10-6-1-2-7-11-22(21)33-26/h3-5,8-9,12-16H,1-2,6-7,10-11,17H2,(H2,27,30)(H,29,31). The molecule has 0 saturated heterocycles. The number of rotatable bonds is 7. The fourth-order valence-corrected chi connectivity index (χ4v) is 5.11. The van der Waals surface area contributed by atoms with Crippen LogP contribution in [0, 0.1) is 0 Å². The van der Waals surface area contributed by atoms with Crippen molar-refractivity contribution in [3.8, 4) is 5.75 Å². The summed E-state index contributed by atoms with van der Waals surface area (Å²) in [6.45, 7) is -0.159. The van der Waals surface area contributed by atoms with Crippen molar-refractivity contribution in [2.75, 3.05) is 11.9 Å². The van der Waals surface area contributed by atoms with Gasteiger partial charge in [0, 0.05) is 16.8 Å². The second kappa shape index (κ2) is 10.9. The second-order valence-corrected chi connectivity index (χ2v) is 9.08. The number of para-hydroxylation sites is 1. The number of aryl methyl sites for hydroxylation is 1. The lowest BCUT2D eigenvalue weighted by molar-refractivity contribution is -0.119. The second-order valence-electron chi connectivity index (χ2n) is 8.00. The lowest BCUT2D eigenvalue weighted by Crippen LogP contribution is -2.19. The number of carbonyl (C=O) groups is 2. The van der Waals surface area contributed by atoms with Gasteiger partial charge < -0.3 is 15.8 Å². The molecule has 0 atom stereocenters. The smallest absolute Gasteiger partial charge is 0.259 e. The molecule has 2 aromatic carbocycles. The molecule has 4 rings (SSSR count). The highest BCUT2D eigenvalue weighted by Gasteiger charge is 2.24. The average Bonchev–Trinajstić information content (AvgIpc) is 3.14. The average molecular weight is 462 g/mol. The van der Waals surface area contributed by atoms with Crippen LogP contribution in [-0.2, 0) is 17.6 Å². The van der Waals surface area contributed by atoms with Crippen molar-refractivity contribution in [2.24, 2.45) is 10.7 Å². The first-order valence-electron chi connectivity index (χ1n) is 11.2. The molecule has 6 nitrogen and oxygen atoms in total. The molecule has 0 spiro atoms. The number of ether oxygens (including phenoxy) is 1. The highest BCUT2D eigenvalue weighted by Crippen LogP contribution is 2.39. The number of benzene rings is 2. The summed E-state index contributed by atoms with van der Waals surface area (Å²) in [6, 6.07) is 16.8. The normalized spacial score (nSPS) is 13.7. The van der Waals surface area contributed by atoms with Gasteiger partial charge in [-0.2, -0.15) is 0 Å². The first kappa shape index (κ1) is 22.7. The largest absolute Gasteiger partial charge is 0.484 e. The Morgan fingerprint density at radius 1 is 1.00 bits per heavy atom. The number of hydrogen-bond donors (Lipinski definition) is 2. The van der Waals surface area contributed by atoms with Gasteiger partial charge in [-0.25, -0.2) is 4.99 Å². The van der Waals surface area contributed by atoms with Crippen LogP contribution in [0.5, 0.6) is 5.75 Å². The van der Waals surface area contributed by atoms with Crippen LogP contribution in [0.15, 0.2) is 59.6 Å². The van der Waals surface area contributed by atoms with Gasteiger partial charge in [-0.05, 0) is 73.2 Å². The van der Waals surface area contributed by atoms with E-state index in [1.165, 1.54) is 17.7 Å². The molecule has 3 aromatic rings. The minimum atomic E-state index is -0.518. The molecular weight excluding hydrogens is 434 g/mol. The van der Waals surface area contributed by atoms with E-state index in [1.54, 1.807) is 29.7 Å². The zero-order chi connectivity index (χ0) is 23.0. The van der Waals surface area contributed by atoms with Crippen LogP contribution in [0.4, 0.5) is 10.7 Å². The number of primary amides is 1. The van der Waals surface area contributed by atoms with Gasteiger partial charge in [-0.1, -0.05) is 31.0 Å². The van der Waals surface area contributed by atoms with E-state index in [-0.39, 0.29) is 12.5 Å². The molecule has 7 heteroatoms. The monoisotopic (exact) mass is 461 g/mol. The maximum Gasteiger partial charge on any atom is 0.259 e. The van der Waals surface area contributed by atoms with Crippen molar-refractivity contribution >= 4 is 40.1 Å². The number of fused-ring (bicyclic) bond motifs is 1. The molecule has 0 unspecified atom stereocenters. The summed E-state index contributed by atoms with van der Waals surface area (Å²) in [5.74, 6) is -0.0650. The van der Waals surface area contributed by atoms with Crippen LogP contribution in [0.25, 0.3) is 0 Å². The molecule has 3 N–H and O–H groups in total. The van der Waals surface area contributed by atoms with Crippen molar-refractivity contribution in [1.82, 2.24) is 0 Å². The Kier molecular flexibility index (Phi) is 7.52. The summed E-state index contributed by atoms with van der Waals surface area (Å²) in [5, 5.41) is 3.78. The van der Waals surface area contributed by atoms with Gasteiger partial charge in [-0.15, -0.1) is 11.3 Å². The van der Waals surface area contributed by atoms with E-state index in [0.717, 1.165) is 47.5 Å². The first-order valence-corrected chi connectivity index (χ1v) is 12.0. The van der Waals surface area contributed by atoms with Gasteiger partial charge in [0.15, 0.2) is 6.61 Å². The molecule has 1 aliphatic carbocycles. The molecule has 0 fully saturated rings. The number of nitrogens with zero attached hydrogens (tertiary/aromatic N) is 1. The maximum atomic E-state index is 13.3. The van der Waals surface area contributed by atoms with Crippen molar-refractivity contribution in [3.63, 3.8) is 0 Å². The zero-order valence-corrected chi connectivity index (χ0v) is 19.2. The molecule has 0 bridgehead atoms. The van der Waals surface area contributed by atoms with Crippen molar-refractivity contribution in [2.45, 2.75) is 38.5 Å². The van der Waals surface area contributed by atoms with E-state index in [1.807, 2.05) is 42.5 Å². The van der Waals surface area contributed by atoms with Crippen molar-refractivity contribution < 1.29 is 14.3 Å². The minimum Gasteiger partial charge on any atom is -0.484 e. The van der Waals surface area contributed by atoms with E-state index in [9.17, 15) is 9.59 Å². The molecule has 2 amide bonds. The topological polar surface area (TPSA) is 93.8 Å². The van der Waals surface area contributed by atoms with E-state index < -0.39 is 5.91 Å². The lowest BCUT2D eigenvalue weighted by Gasteiger charge is -2.12. The number of amides is 2. The predicted molar refractivity (Wildman–Crippen MR) is 133 cm³/mol. The molecule has 1 aliphatic rings. The predicted octanol–water partition coefficient (Wildman–Crippen LogP) is 5.27. The number of anilines is 1. The Balaban J connectivity index is 1.60. The maximum absolute atomic E-state index is 13.3. The third-order valence-corrected chi connectivity index (χ3v) is 6.70. The Hall–Kier alpha value is -3.45. The fourth-order valence-electron chi connectivity index (χ4n) is 3.88. The summed E-state index contributed by atoms with van der Waals surface area (Å²) < 4.78 is 5.30. The van der Waals surface area contributed by atoms with Crippen molar-refractivity contribution in [3.05, 3.63) is 76.2 Å². The third-order valence-electron chi connectivity index (χ3n) is 5.50. The minimum absolute atomic E-state index is 0.110. The summed E-state index contributed by atoms with van der Waals surface area (Å²) in [6.07, 6.45) is 8.31. The molecule has 1 aromatic heterocycles. The highest BCUT2D eigenvalue weighted by molar-refractivity contribution is 7.16. The van der Waals surface area contributed by atoms with Crippen LogP contribution in [0.2, 0.25) is 0 Å². The number of hydrogen-bond acceptors (Lipinski definition) is 5. The summed E-state index contributed by atoms with van der Waals surface area (Å²) in [5.41, 5.74) is 8.60. The van der Waals surface area contributed by atoms with Gasteiger partial charge in [0.2, 0.25) is 0 Å².